The number of rotatable bonds is 2. The summed E-state index contributed by atoms with van der Waals surface area (Å²) >= 11 is 0. The molecular weight excluding hydrogens is 236 g/mol. The Balaban J connectivity index is 1.62. The first kappa shape index (κ1) is 13.0. The van der Waals surface area contributed by atoms with Gasteiger partial charge in [0.15, 0.2) is 0 Å². The van der Waals surface area contributed by atoms with Crippen molar-refractivity contribution in [1.29, 1.82) is 0 Å². The van der Waals surface area contributed by atoms with E-state index >= 15 is 0 Å². The molecule has 0 aliphatic carbocycles. The third-order valence-electron chi connectivity index (χ3n) is 4.36. The van der Waals surface area contributed by atoms with Crippen molar-refractivity contribution in [3.8, 4) is 0 Å². The second-order valence-electron chi connectivity index (χ2n) is 5.92. The Bertz CT molecular complexity index is 403. The molecule has 3 heterocycles. The zero-order chi connectivity index (χ0) is 13.1. The summed E-state index contributed by atoms with van der Waals surface area (Å²) in [6.45, 7) is 7.93. The molecule has 2 fully saturated rings. The van der Waals surface area contributed by atoms with Crippen molar-refractivity contribution in [2.24, 2.45) is 0 Å². The van der Waals surface area contributed by atoms with Gasteiger partial charge in [-0.15, -0.1) is 0 Å². The van der Waals surface area contributed by atoms with Crippen molar-refractivity contribution < 1.29 is 0 Å². The SMILES string of the molecule is Cc1cnc(CN2CCCN3CCCCC3C2)cn1. The number of hydrogen-bond donors (Lipinski definition) is 0. The van der Waals surface area contributed by atoms with Crippen LogP contribution in [0.25, 0.3) is 0 Å². The van der Waals surface area contributed by atoms with Gasteiger partial charge in [-0.2, -0.15) is 0 Å². The van der Waals surface area contributed by atoms with Gasteiger partial charge in [0.05, 0.1) is 11.4 Å². The van der Waals surface area contributed by atoms with Gasteiger partial charge >= 0.3 is 0 Å². The van der Waals surface area contributed by atoms with Gasteiger partial charge in [-0.25, -0.2) is 0 Å². The van der Waals surface area contributed by atoms with Crippen LogP contribution in [0.1, 0.15) is 37.1 Å². The second-order valence-corrected chi connectivity index (χ2v) is 5.92. The highest BCUT2D eigenvalue weighted by Crippen LogP contribution is 2.21. The van der Waals surface area contributed by atoms with E-state index in [1.54, 1.807) is 0 Å². The lowest BCUT2D eigenvalue weighted by Crippen LogP contribution is -2.43. The molecule has 104 valence electrons. The molecule has 4 nitrogen and oxygen atoms in total. The fraction of sp³-hybridized carbons (Fsp3) is 0.733. The van der Waals surface area contributed by atoms with Crippen molar-refractivity contribution in [1.82, 2.24) is 19.8 Å². The number of aryl methyl sites for hydroxylation is 1. The van der Waals surface area contributed by atoms with E-state index in [0.29, 0.717) is 0 Å². The molecule has 1 unspecified atom stereocenters. The summed E-state index contributed by atoms with van der Waals surface area (Å²) in [7, 11) is 0. The van der Waals surface area contributed by atoms with Crippen LogP contribution >= 0.6 is 0 Å². The highest BCUT2D eigenvalue weighted by Gasteiger charge is 2.26. The standard InChI is InChI=1S/C15H24N4/c1-13-9-17-14(10-16-13)11-18-6-4-8-19-7-3-2-5-15(19)12-18/h9-10,15H,2-8,11-12H2,1H3. The van der Waals surface area contributed by atoms with Crippen molar-refractivity contribution >= 4 is 0 Å². The second kappa shape index (κ2) is 5.97. The molecule has 1 atom stereocenters. The van der Waals surface area contributed by atoms with Gasteiger partial charge in [0.1, 0.15) is 0 Å². The van der Waals surface area contributed by atoms with Crippen LogP contribution in [0.2, 0.25) is 0 Å². The molecule has 4 heteroatoms. The van der Waals surface area contributed by atoms with Crippen molar-refractivity contribution in [3.63, 3.8) is 0 Å². The summed E-state index contributed by atoms with van der Waals surface area (Å²) in [6, 6.07) is 0.773. The first-order chi connectivity index (χ1) is 9.31. The highest BCUT2D eigenvalue weighted by molar-refractivity contribution is 5.01. The summed E-state index contributed by atoms with van der Waals surface area (Å²) in [5, 5.41) is 0. The molecule has 3 rings (SSSR count). The molecule has 1 aromatic rings. The van der Waals surface area contributed by atoms with Crippen LogP contribution < -0.4 is 0 Å². The minimum atomic E-state index is 0.773. The number of piperidine rings is 1. The molecule has 1 aromatic heterocycles. The third kappa shape index (κ3) is 3.31. The van der Waals surface area contributed by atoms with Crippen LogP contribution in [0, 0.1) is 6.92 Å². The zero-order valence-electron chi connectivity index (χ0n) is 11.9. The number of nitrogens with zero attached hydrogens (tertiary/aromatic N) is 4. The summed E-state index contributed by atoms with van der Waals surface area (Å²) in [6.07, 6.45) is 9.25. The van der Waals surface area contributed by atoms with Gasteiger partial charge in [0.25, 0.3) is 0 Å². The number of aromatic nitrogens is 2. The predicted octanol–water partition coefficient (Wildman–Crippen LogP) is 1.85. The molecule has 0 radical (unpaired) electrons. The van der Waals surface area contributed by atoms with E-state index < -0.39 is 0 Å². The Morgan fingerprint density at radius 1 is 1.11 bits per heavy atom. The first-order valence-electron chi connectivity index (χ1n) is 7.55. The van der Waals surface area contributed by atoms with E-state index in [1.807, 2.05) is 19.3 Å². The Kier molecular flexibility index (Phi) is 4.09. The number of fused-ring (bicyclic) bond motifs is 1. The topological polar surface area (TPSA) is 32.3 Å². The lowest BCUT2D eigenvalue weighted by atomic mass is 10.0. The molecule has 2 saturated heterocycles. The zero-order valence-corrected chi connectivity index (χ0v) is 11.9. The van der Waals surface area contributed by atoms with Crippen molar-refractivity contribution in [3.05, 3.63) is 23.8 Å². The largest absolute Gasteiger partial charge is 0.299 e. The van der Waals surface area contributed by atoms with Gasteiger partial charge < -0.3 is 0 Å². The van der Waals surface area contributed by atoms with Crippen molar-refractivity contribution in [2.45, 2.75) is 45.2 Å². The van der Waals surface area contributed by atoms with Crippen LogP contribution in [0.4, 0.5) is 0 Å². The van der Waals surface area contributed by atoms with E-state index in [9.17, 15) is 0 Å². The monoisotopic (exact) mass is 260 g/mol. The minimum absolute atomic E-state index is 0.773. The van der Waals surface area contributed by atoms with Crippen LogP contribution in [0.3, 0.4) is 0 Å². The van der Waals surface area contributed by atoms with Crippen LogP contribution in [-0.2, 0) is 6.54 Å². The third-order valence-corrected chi connectivity index (χ3v) is 4.36. The van der Waals surface area contributed by atoms with E-state index in [-0.39, 0.29) is 0 Å². The van der Waals surface area contributed by atoms with Gasteiger partial charge in [0, 0.05) is 31.5 Å². The quantitative estimate of drug-likeness (QED) is 0.812. The smallest absolute Gasteiger partial charge is 0.0727 e. The van der Waals surface area contributed by atoms with Crippen molar-refractivity contribution in [2.75, 3.05) is 26.2 Å². The molecule has 0 spiro atoms. The van der Waals surface area contributed by atoms with Gasteiger partial charge in [0.2, 0.25) is 0 Å². The first-order valence-corrected chi connectivity index (χ1v) is 7.55. The van der Waals surface area contributed by atoms with Crippen LogP contribution in [0.15, 0.2) is 12.4 Å². The minimum Gasteiger partial charge on any atom is -0.299 e. The summed E-state index contributed by atoms with van der Waals surface area (Å²) < 4.78 is 0. The molecule has 0 saturated carbocycles. The van der Waals surface area contributed by atoms with Gasteiger partial charge in [-0.05, 0) is 45.8 Å². The van der Waals surface area contributed by atoms with Crippen LogP contribution in [-0.4, -0.2) is 52.0 Å². The lowest BCUT2D eigenvalue weighted by molar-refractivity contribution is 0.134. The summed E-state index contributed by atoms with van der Waals surface area (Å²) in [5.41, 5.74) is 2.10. The Morgan fingerprint density at radius 2 is 2.00 bits per heavy atom. The maximum atomic E-state index is 4.49. The summed E-state index contributed by atoms with van der Waals surface area (Å²) in [4.78, 5) is 14.1. The average molecular weight is 260 g/mol. The highest BCUT2D eigenvalue weighted by atomic mass is 15.2. The Morgan fingerprint density at radius 3 is 2.84 bits per heavy atom. The molecule has 2 aliphatic rings. The molecule has 2 aliphatic heterocycles. The molecular formula is C15H24N4. The van der Waals surface area contributed by atoms with E-state index in [2.05, 4.69) is 19.8 Å². The molecule has 19 heavy (non-hydrogen) atoms. The predicted molar refractivity (Wildman–Crippen MR) is 75.9 cm³/mol. The van der Waals surface area contributed by atoms with Crippen LogP contribution in [0.5, 0.6) is 0 Å². The molecule has 0 bridgehead atoms. The Hall–Kier alpha value is -1.00. The molecule has 0 aromatic carbocycles. The van der Waals surface area contributed by atoms with Gasteiger partial charge in [-0.3, -0.25) is 19.8 Å². The Labute approximate surface area is 115 Å². The van der Waals surface area contributed by atoms with E-state index in [4.69, 9.17) is 0 Å². The average Bonchev–Trinajstić information content (AvgIpc) is 2.63. The normalized spacial score (nSPS) is 25.8. The fourth-order valence-electron chi connectivity index (χ4n) is 3.32. The number of hydrogen-bond acceptors (Lipinski definition) is 4. The summed E-state index contributed by atoms with van der Waals surface area (Å²) in [5.74, 6) is 0. The maximum absolute atomic E-state index is 4.49. The van der Waals surface area contributed by atoms with E-state index in [0.717, 1.165) is 24.0 Å². The lowest BCUT2D eigenvalue weighted by Gasteiger charge is -2.35. The molecule has 0 amide bonds. The fourth-order valence-corrected chi connectivity index (χ4v) is 3.32. The van der Waals surface area contributed by atoms with E-state index in [1.165, 1.54) is 51.9 Å². The molecule has 0 N–H and O–H groups in total. The van der Waals surface area contributed by atoms with Gasteiger partial charge in [-0.1, -0.05) is 6.42 Å². The maximum Gasteiger partial charge on any atom is 0.0727 e.